The Hall–Kier alpha value is -3.60. The molecule has 0 bridgehead atoms. The predicted octanol–water partition coefficient (Wildman–Crippen LogP) is 4.87. The SMILES string of the molecule is Cc1cc(C(=O)COC(=O)Cc2cccc3ccccc23)c(C)n1Cc1ccco1. The number of ketones is 1. The first kappa shape index (κ1) is 19.7. The molecule has 30 heavy (non-hydrogen) atoms. The van der Waals surface area contributed by atoms with Gasteiger partial charge in [0.1, 0.15) is 5.76 Å². The second-order valence-corrected chi connectivity index (χ2v) is 7.35. The number of nitrogens with zero attached hydrogens (tertiary/aromatic N) is 1. The molecule has 0 saturated heterocycles. The van der Waals surface area contributed by atoms with Gasteiger partial charge in [0.15, 0.2) is 6.61 Å². The highest BCUT2D eigenvalue weighted by Crippen LogP contribution is 2.20. The van der Waals surface area contributed by atoms with E-state index >= 15 is 0 Å². The van der Waals surface area contributed by atoms with E-state index in [0.717, 1.165) is 33.5 Å². The van der Waals surface area contributed by atoms with Crippen LogP contribution in [-0.4, -0.2) is 22.9 Å². The van der Waals surface area contributed by atoms with Gasteiger partial charge in [0.25, 0.3) is 0 Å². The number of aromatic nitrogens is 1. The van der Waals surface area contributed by atoms with Crippen molar-refractivity contribution in [3.63, 3.8) is 0 Å². The van der Waals surface area contributed by atoms with E-state index in [0.29, 0.717) is 12.1 Å². The maximum Gasteiger partial charge on any atom is 0.310 e. The van der Waals surface area contributed by atoms with Crippen molar-refractivity contribution in [3.8, 4) is 0 Å². The van der Waals surface area contributed by atoms with Gasteiger partial charge in [-0.15, -0.1) is 0 Å². The van der Waals surface area contributed by atoms with Gasteiger partial charge in [-0.2, -0.15) is 0 Å². The summed E-state index contributed by atoms with van der Waals surface area (Å²) in [6, 6.07) is 19.3. The van der Waals surface area contributed by atoms with E-state index in [1.807, 2.05) is 79.1 Å². The number of ether oxygens (including phenoxy) is 1. The van der Waals surface area contributed by atoms with Crippen LogP contribution < -0.4 is 0 Å². The fraction of sp³-hybridized carbons (Fsp3) is 0.200. The topological polar surface area (TPSA) is 61.4 Å². The lowest BCUT2D eigenvalue weighted by atomic mass is 10.0. The summed E-state index contributed by atoms with van der Waals surface area (Å²) in [7, 11) is 0. The molecule has 5 heteroatoms. The van der Waals surface area contributed by atoms with Crippen molar-refractivity contribution >= 4 is 22.5 Å². The van der Waals surface area contributed by atoms with E-state index in [-0.39, 0.29) is 18.8 Å². The fourth-order valence-electron chi connectivity index (χ4n) is 3.76. The molecule has 0 unspecified atom stereocenters. The Bertz CT molecular complexity index is 1200. The quantitative estimate of drug-likeness (QED) is 0.327. The Labute approximate surface area is 174 Å². The molecule has 4 rings (SSSR count). The standard InChI is InChI=1S/C25H23NO4/c1-17-13-23(18(2)26(17)15-21-10-6-12-29-21)24(27)16-30-25(28)14-20-9-5-8-19-7-3-4-11-22(19)20/h3-13H,14-16H2,1-2H3. The third kappa shape index (κ3) is 4.06. The Morgan fingerprint density at radius 2 is 1.80 bits per heavy atom. The Morgan fingerprint density at radius 1 is 1.00 bits per heavy atom. The van der Waals surface area contributed by atoms with Gasteiger partial charge in [0.05, 0.1) is 19.2 Å². The van der Waals surface area contributed by atoms with Crippen LogP contribution in [0.15, 0.2) is 71.3 Å². The largest absolute Gasteiger partial charge is 0.467 e. The van der Waals surface area contributed by atoms with Crippen LogP contribution >= 0.6 is 0 Å². The minimum atomic E-state index is -0.413. The number of hydrogen-bond acceptors (Lipinski definition) is 4. The van der Waals surface area contributed by atoms with Gasteiger partial charge in [-0.1, -0.05) is 42.5 Å². The van der Waals surface area contributed by atoms with Crippen molar-refractivity contribution in [3.05, 3.63) is 95.2 Å². The lowest BCUT2D eigenvalue weighted by Gasteiger charge is -2.09. The molecular weight excluding hydrogens is 378 g/mol. The number of rotatable bonds is 7. The van der Waals surface area contributed by atoms with Crippen LogP contribution in [0.2, 0.25) is 0 Å². The number of Topliss-reactive ketones (excluding diaryl/α,β-unsaturated/α-hetero) is 1. The number of furan rings is 1. The summed E-state index contributed by atoms with van der Waals surface area (Å²) in [6.07, 6.45) is 1.76. The molecule has 5 nitrogen and oxygen atoms in total. The molecule has 2 aromatic carbocycles. The maximum atomic E-state index is 12.7. The van der Waals surface area contributed by atoms with Gasteiger partial charge in [0, 0.05) is 17.0 Å². The molecule has 0 aliphatic heterocycles. The highest BCUT2D eigenvalue weighted by molar-refractivity contribution is 5.99. The molecule has 0 atom stereocenters. The number of hydrogen-bond donors (Lipinski definition) is 0. The number of aryl methyl sites for hydroxylation is 1. The van der Waals surface area contributed by atoms with Crippen LogP contribution in [0.5, 0.6) is 0 Å². The zero-order valence-corrected chi connectivity index (χ0v) is 17.1. The highest BCUT2D eigenvalue weighted by Gasteiger charge is 2.18. The minimum absolute atomic E-state index is 0.131. The summed E-state index contributed by atoms with van der Waals surface area (Å²) in [5, 5.41) is 2.09. The molecule has 4 aromatic rings. The van der Waals surface area contributed by atoms with Gasteiger partial charge in [0.2, 0.25) is 5.78 Å². The molecule has 0 fully saturated rings. The fourth-order valence-corrected chi connectivity index (χ4v) is 3.76. The van der Waals surface area contributed by atoms with E-state index in [9.17, 15) is 9.59 Å². The molecule has 0 radical (unpaired) electrons. The van der Waals surface area contributed by atoms with E-state index in [2.05, 4.69) is 0 Å². The van der Waals surface area contributed by atoms with Crippen LogP contribution in [0.1, 0.15) is 33.1 Å². The Balaban J connectivity index is 1.41. The van der Waals surface area contributed by atoms with Crippen molar-refractivity contribution < 1.29 is 18.7 Å². The summed E-state index contributed by atoms with van der Waals surface area (Å²) >= 11 is 0. The first-order valence-electron chi connectivity index (χ1n) is 9.87. The van der Waals surface area contributed by atoms with Crippen LogP contribution in [0.4, 0.5) is 0 Å². The molecule has 2 aromatic heterocycles. The number of carbonyl (C=O) groups is 2. The zero-order chi connectivity index (χ0) is 21.1. The molecule has 2 heterocycles. The third-order valence-electron chi connectivity index (χ3n) is 5.35. The average molecular weight is 401 g/mol. The van der Waals surface area contributed by atoms with Crippen molar-refractivity contribution in [1.82, 2.24) is 4.57 Å². The van der Waals surface area contributed by atoms with E-state index in [1.54, 1.807) is 6.26 Å². The van der Waals surface area contributed by atoms with E-state index in [4.69, 9.17) is 9.15 Å². The zero-order valence-electron chi connectivity index (χ0n) is 17.1. The molecule has 0 aliphatic rings. The second-order valence-electron chi connectivity index (χ2n) is 7.35. The lowest BCUT2D eigenvalue weighted by Crippen LogP contribution is -2.16. The number of carbonyl (C=O) groups excluding carboxylic acids is 2. The molecule has 0 spiro atoms. The second kappa shape index (κ2) is 8.41. The smallest absolute Gasteiger partial charge is 0.310 e. The average Bonchev–Trinajstić information content (AvgIpc) is 3.36. The van der Waals surface area contributed by atoms with Crippen LogP contribution in [-0.2, 0) is 22.5 Å². The molecular formula is C25H23NO4. The Kier molecular flexibility index (Phi) is 5.53. The van der Waals surface area contributed by atoms with Gasteiger partial charge >= 0.3 is 5.97 Å². The maximum absolute atomic E-state index is 12.7. The summed E-state index contributed by atoms with van der Waals surface area (Å²) < 4.78 is 12.7. The minimum Gasteiger partial charge on any atom is -0.467 e. The molecule has 152 valence electrons. The van der Waals surface area contributed by atoms with Crippen molar-refractivity contribution in [2.75, 3.05) is 6.61 Å². The van der Waals surface area contributed by atoms with Gasteiger partial charge < -0.3 is 13.7 Å². The number of fused-ring (bicyclic) bond motifs is 1. The van der Waals surface area contributed by atoms with Crippen molar-refractivity contribution in [2.24, 2.45) is 0 Å². The number of esters is 1. The summed E-state index contributed by atoms with van der Waals surface area (Å²) in [5.41, 5.74) is 3.24. The van der Waals surface area contributed by atoms with Crippen LogP contribution in [0, 0.1) is 13.8 Å². The predicted molar refractivity (Wildman–Crippen MR) is 115 cm³/mol. The van der Waals surface area contributed by atoms with E-state index < -0.39 is 5.97 Å². The van der Waals surface area contributed by atoms with Crippen molar-refractivity contribution in [1.29, 1.82) is 0 Å². The lowest BCUT2D eigenvalue weighted by molar-refractivity contribution is -0.141. The first-order valence-corrected chi connectivity index (χ1v) is 9.87. The first-order chi connectivity index (χ1) is 14.5. The van der Waals surface area contributed by atoms with Crippen LogP contribution in [0.3, 0.4) is 0 Å². The molecule has 0 saturated carbocycles. The Morgan fingerprint density at radius 3 is 2.60 bits per heavy atom. The molecule has 0 aliphatic carbocycles. The molecule has 0 N–H and O–H groups in total. The van der Waals surface area contributed by atoms with Gasteiger partial charge in [-0.3, -0.25) is 9.59 Å². The monoisotopic (exact) mass is 401 g/mol. The summed E-state index contributed by atoms with van der Waals surface area (Å²) in [4.78, 5) is 25.1. The molecule has 0 amide bonds. The van der Waals surface area contributed by atoms with Crippen LogP contribution in [0.25, 0.3) is 10.8 Å². The van der Waals surface area contributed by atoms with Gasteiger partial charge in [-0.25, -0.2) is 0 Å². The normalized spacial score (nSPS) is 11.0. The van der Waals surface area contributed by atoms with E-state index in [1.165, 1.54) is 0 Å². The van der Waals surface area contributed by atoms with Gasteiger partial charge in [-0.05, 0) is 48.4 Å². The summed E-state index contributed by atoms with van der Waals surface area (Å²) in [6.45, 7) is 4.12. The van der Waals surface area contributed by atoms with Crippen molar-refractivity contribution in [2.45, 2.75) is 26.8 Å². The third-order valence-corrected chi connectivity index (χ3v) is 5.35. The number of benzene rings is 2. The highest BCUT2D eigenvalue weighted by atomic mass is 16.5. The summed E-state index contributed by atoms with van der Waals surface area (Å²) in [5.74, 6) is 0.196.